The first-order chi connectivity index (χ1) is 45.3. The van der Waals surface area contributed by atoms with Gasteiger partial charge in [-0.05, 0) is 167 Å². The van der Waals surface area contributed by atoms with Gasteiger partial charge in [-0.25, -0.2) is 0 Å². The predicted octanol–water partition coefficient (Wildman–Crippen LogP) is 4.75. The third kappa shape index (κ3) is 30.1. The molecule has 0 amide bonds. The normalized spacial score (nSPS) is 44.4. The highest BCUT2D eigenvalue weighted by atomic mass is 16.7. The van der Waals surface area contributed by atoms with Gasteiger partial charge in [0.25, 0.3) is 0 Å². The second kappa shape index (κ2) is 43.6. The van der Waals surface area contributed by atoms with Crippen LogP contribution >= 0.6 is 0 Å². The summed E-state index contributed by atoms with van der Waals surface area (Å²) in [6.45, 7) is 21.6. The van der Waals surface area contributed by atoms with E-state index in [2.05, 4.69) is 20.8 Å². The molecule has 3 heterocycles. The molecule has 0 aromatic rings. The van der Waals surface area contributed by atoms with Gasteiger partial charge in [-0.15, -0.1) is 0 Å². The summed E-state index contributed by atoms with van der Waals surface area (Å²) < 4.78 is 24.5. The van der Waals surface area contributed by atoms with Crippen LogP contribution in [0.25, 0.3) is 0 Å². The lowest BCUT2D eigenvalue weighted by molar-refractivity contribution is -0.351. The number of allylic oxidation sites excluding steroid dienone is 2. The van der Waals surface area contributed by atoms with Gasteiger partial charge in [-0.3, -0.25) is 4.79 Å². The molecule has 0 aromatic carbocycles. The number of rotatable bonds is 8. The lowest BCUT2D eigenvalue weighted by Crippen LogP contribution is -2.64. The Hall–Kier alpha value is -2.41. The van der Waals surface area contributed by atoms with Crippen molar-refractivity contribution in [3.05, 3.63) is 47.6 Å². The van der Waals surface area contributed by atoms with Crippen molar-refractivity contribution in [2.75, 3.05) is 14.1 Å². The summed E-state index contributed by atoms with van der Waals surface area (Å²) in [4.78, 5) is 15.4. The number of ether oxygens (including phenoxy) is 4. The molecular weight excluding hydrogens is 1250 g/mol. The second-order valence-electron chi connectivity index (χ2n) is 30.5. The number of cyclic esters (lactones) is 1. The van der Waals surface area contributed by atoms with Crippen LogP contribution in [0.1, 0.15) is 212 Å². The number of hydrogen-bond donors (Lipinski definition) is 17. The van der Waals surface area contributed by atoms with Crippen LogP contribution in [-0.2, 0) is 23.7 Å². The lowest BCUT2D eigenvalue weighted by Gasteiger charge is -2.50. The predicted molar refractivity (Wildman–Crippen MR) is 370 cm³/mol. The third-order valence-electron chi connectivity index (χ3n) is 21.7. The quantitative estimate of drug-likeness (QED) is 0.115. The molecule has 0 saturated carbocycles. The molecule has 3 rings (SSSR count). The minimum atomic E-state index is -2.26. The Balaban J connectivity index is 1.87. The Morgan fingerprint density at radius 3 is 1.79 bits per heavy atom. The highest BCUT2D eigenvalue weighted by molar-refractivity contribution is 5.71. The van der Waals surface area contributed by atoms with Crippen LogP contribution in [0.15, 0.2) is 47.6 Å². The molecule has 2 saturated heterocycles. The van der Waals surface area contributed by atoms with E-state index >= 15 is 0 Å². The van der Waals surface area contributed by atoms with E-state index in [0.29, 0.717) is 48.7 Å². The fourth-order valence-corrected chi connectivity index (χ4v) is 13.7. The standard InChI is InChI=1S/C74H135NO22/c1-41(2)42(3)21-17-22-52-34-45(6)64(87)37-54(77)24-19-27-59(82)47(8)58(81)25-16-15-20-44(5)69(89)49(10)65-39-66(96-73-72(92)68(75(13)14)70(90)51(12)95-73)50(11)74(93,97-65)40-67(88)94-46(7)29-30-55(78)35-53(76)23-18-26-60(83)48(9)61(84)32-28-43(4)63(86)38-57(80)36-56(79)31-33-62(85)71(52)91/h15-16,20,29-30,34,41-43,46-66,68-73,76-87,89-93H,17-19,21-28,31-33,35-40H2,1-14H3/b16-15+,30-29+,44-20+,45-34+/t42?,43-,46?,47-,48+,49+,50+,51+,52?,53-,54+,55+,56+,57-,58+,59-,60-,61+,62?,63+,64-,65-,66-,68-,69+,70+,71+,72+,73?,74?/m0/s1. The zero-order valence-electron chi connectivity index (χ0n) is 61.0. The van der Waals surface area contributed by atoms with E-state index in [1.54, 1.807) is 106 Å². The van der Waals surface area contributed by atoms with Crippen molar-refractivity contribution >= 4 is 5.97 Å². The molecule has 6 unspecified atom stereocenters. The molecule has 2 bridgehead atoms. The van der Waals surface area contributed by atoms with E-state index < -0.39 is 182 Å². The van der Waals surface area contributed by atoms with Crippen molar-refractivity contribution in [2.24, 2.45) is 47.3 Å². The topological polar surface area (TPSA) is 401 Å². The van der Waals surface area contributed by atoms with Crippen molar-refractivity contribution in [3.63, 3.8) is 0 Å². The monoisotopic (exact) mass is 1390 g/mol. The highest BCUT2D eigenvalue weighted by Gasteiger charge is 2.53. The van der Waals surface area contributed by atoms with Gasteiger partial charge >= 0.3 is 5.97 Å². The molecule has 17 N–H and O–H groups in total. The molecule has 0 aliphatic carbocycles. The van der Waals surface area contributed by atoms with Gasteiger partial charge in [0.1, 0.15) is 12.2 Å². The number of fused-ring (bicyclic) bond motifs is 2. The molecule has 0 radical (unpaired) electrons. The van der Waals surface area contributed by atoms with Crippen LogP contribution < -0.4 is 0 Å². The van der Waals surface area contributed by atoms with Gasteiger partial charge in [0.2, 0.25) is 0 Å². The summed E-state index contributed by atoms with van der Waals surface area (Å²) in [5.41, 5.74) is 0.997. The Bertz CT molecular complexity index is 2310. The summed E-state index contributed by atoms with van der Waals surface area (Å²) in [5, 5.41) is 191. The number of carbonyl (C=O) groups excluding carboxylic acids is 1. The highest BCUT2D eigenvalue weighted by Crippen LogP contribution is 2.42. The average molecular weight is 1390 g/mol. The first-order valence-electron chi connectivity index (χ1n) is 36.4. The zero-order chi connectivity index (χ0) is 73.3. The lowest BCUT2D eigenvalue weighted by atomic mass is 9.80. The van der Waals surface area contributed by atoms with E-state index in [1.165, 1.54) is 12.2 Å². The van der Waals surface area contributed by atoms with Gasteiger partial charge in [-0.2, -0.15) is 0 Å². The first-order valence-corrected chi connectivity index (χ1v) is 36.4. The van der Waals surface area contributed by atoms with Crippen LogP contribution in [0.5, 0.6) is 0 Å². The smallest absolute Gasteiger partial charge is 0.311 e. The molecule has 23 nitrogen and oxygen atoms in total. The number of likely N-dealkylation sites (N-methyl/N-ethyl adjacent to an activating group) is 1. The summed E-state index contributed by atoms with van der Waals surface area (Å²) in [6.07, 6.45) is -8.67. The number of esters is 1. The van der Waals surface area contributed by atoms with Crippen molar-refractivity contribution in [1.29, 1.82) is 0 Å². The van der Waals surface area contributed by atoms with E-state index in [4.69, 9.17) is 18.9 Å². The molecule has 30 atom stereocenters. The molecular formula is C74H135NO22. The number of carbonyl (C=O) groups is 1. The SMILES string of the molecule is C/C1=C\C=C\C[C@@H](O)[C@H](C)[C@@H](O)CCC[C@@H](O)C[C@H](O)/C(C)=C/C(CCCC(C)C(C)C)[C@@H](O)C(O)CC[C@@H](O)C[C@H](O)C[C@@H](O)[C@@H](C)CC[C@@H](O)[C@H](C)[C@@H](O)CCC[C@H](O)C[C@H](O)/C=C/C(C)OC(=O)CC2(O)O[C@@H](C[C@H](OC3O[C@H](C)[C@@H](O)[C@H](N(C)C)[C@H]3O)[C@H]2C)[C@@H](C)[C@@H]1O. The molecule has 2 fully saturated rings. The Labute approximate surface area is 579 Å². The van der Waals surface area contributed by atoms with Crippen LogP contribution in [-0.4, -0.2) is 252 Å². The molecule has 0 spiro atoms. The van der Waals surface area contributed by atoms with Crippen molar-refractivity contribution in [1.82, 2.24) is 4.90 Å². The Kier molecular flexibility index (Phi) is 40.0. The Morgan fingerprint density at radius 2 is 1.19 bits per heavy atom. The van der Waals surface area contributed by atoms with Crippen LogP contribution in [0.2, 0.25) is 0 Å². The molecule has 23 heteroatoms. The summed E-state index contributed by atoms with van der Waals surface area (Å²) in [6, 6.07) is -0.782. The Morgan fingerprint density at radius 1 is 0.608 bits per heavy atom. The summed E-state index contributed by atoms with van der Waals surface area (Å²) in [5.74, 6) is -6.06. The van der Waals surface area contributed by atoms with Gasteiger partial charge in [-0.1, -0.05) is 98.6 Å². The third-order valence-corrected chi connectivity index (χ3v) is 21.7. The maximum atomic E-state index is 13.8. The van der Waals surface area contributed by atoms with Gasteiger partial charge in [0, 0.05) is 48.9 Å². The maximum absolute atomic E-state index is 13.8. The second-order valence-corrected chi connectivity index (χ2v) is 30.5. The number of aliphatic hydroxyl groups excluding tert-OH is 16. The van der Waals surface area contributed by atoms with Crippen LogP contribution in [0.3, 0.4) is 0 Å². The van der Waals surface area contributed by atoms with Crippen molar-refractivity contribution in [2.45, 2.75) is 352 Å². The summed E-state index contributed by atoms with van der Waals surface area (Å²) >= 11 is 0. The molecule has 97 heavy (non-hydrogen) atoms. The van der Waals surface area contributed by atoms with Crippen LogP contribution in [0, 0.1) is 47.3 Å². The molecule has 568 valence electrons. The number of aliphatic hydroxyl groups is 17. The fraction of sp³-hybridized carbons (Fsp3) is 0.878. The van der Waals surface area contributed by atoms with Gasteiger partial charge in [0.05, 0.1) is 122 Å². The van der Waals surface area contributed by atoms with E-state index in [-0.39, 0.29) is 89.4 Å². The van der Waals surface area contributed by atoms with Crippen LogP contribution in [0.4, 0.5) is 0 Å². The minimum absolute atomic E-state index is 0.00584. The first kappa shape index (κ1) is 88.8. The van der Waals surface area contributed by atoms with E-state index in [0.717, 1.165) is 12.8 Å². The van der Waals surface area contributed by atoms with Gasteiger partial charge in [0.15, 0.2) is 12.1 Å². The van der Waals surface area contributed by atoms with E-state index in [9.17, 15) is 91.6 Å². The number of hydrogen-bond acceptors (Lipinski definition) is 23. The minimum Gasteiger partial charge on any atom is -0.458 e. The molecule has 3 aliphatic heterocycles. The largest absolute Gasteiger partial charge is 0.458 e. The fourth-order valence-electron chi connectivity index (χ4n) is 13.7. The van der Waals surface area contributed by atoms with E-state index in [1.807, 2.05) is 0 Å². The maximum Gasteiger partial charge on any atom is 0.311 e. The molecule has 0 aromatic heterocycles. The van der Waals surface area contributed by atoms with Gasteiger partial charge < -0.3 is 111 Å². The number of nitrogens with zero attached hydrogens (tertiary/aromatic N) is 1. The molecule has 3 aliphatic rings. The van der Waals surface area contributed by atoms with Crippen molar-refractivity contribution in [3.8, 4) is 0 Å². The summed E-state index contributed by atoms with van der Waals surface area (Å²) in [7, 11) is 3.40. The van der Waals surface area contributed by atoms with Crippen molar-refractivity contribution < 1.29 is 111 Å². The average Bonchev–Trinajstić information content (AvgIpc) is 0.771. The zero-order valence-corrected chi connectivity index (χ0v) is 61.0.